The molecule has 11 nitrogen and oxygen atoms in total. The number of nitrogens with zero attached hydrogens (tertiary/aromatic N) is 1. The van der Waals surface area contributed by atoms with E-state index >= 15 is 0 Å². The predicted octanol–water partition coefficient (Wildman–Crippen LogP) is 7.28. The van der Waals surface area contributed by atoms with Gasteiger partial charge in [-0.05, 0) is 54.1 Å². The highest BCUT2D eigenvalue weighted by Crippen LogP contribution is 2.43. The number of fused-ring (bicyclic) bond motifs is 1. The summed E-state index contributed by atoms with van der Waals surface area (Å²) in [7, 11) is 7.36. The lowest BCUT2D eigenvalue weighted by Crippen LogP contribution is -2.19. The molecule has 1 aromatic heterocycles. The molecule has 0 bridgehead atoms. The Labute approximate surface area is 283 Å². The Hall–Kier alpha value is -5.20. The van der Waals surface area contributed by atoms with Crippen molar-refractivity contribution in [2.45, 2.75) is 0 Å². The fraction of sp³-hybridized carbons (Fsp3) is 0.147. The highest BCUT2D eigenvalue weighted by molar-refractivity contribution is 9.10. The number of benzene rings is 4. The van der Waals surface area contributed by atoms with Crippen LogP contribution in [-0.4, -0.2) is 58.6 Å². The number of carbonyl (C=O) groups excluding carboxylic acids is 2. The van der Waals surface area contributed by atoms with Crippen LogP contribution >= 0.6 is 27.5 Å². The number of esters is 1. The largest absolute Gasteiger partial charge is 0.495 e. The molecule has 0 saturated carbocycles. The minimum absolute atomic E-state index is 0.161. The van der Waals surface area contributed by atoms with E-state index in [1.807, 2.05) is 24.3 Å². The molecule has 1 heterocycles. The van der Waals surface area contributed by atoms with Crippen molar-refractivity contribution in [2.24, 2.45) is 5.10 Å². The fourth-order valence-electron chi connectivity index (χ4n) is 4.94. The molecular formula is C34H29BrClN3O8. The van der Waals surface area contributed by atoms with E-state index in [2.05, 4.69) is 31.4 Å². The average Bonchev–Trinajstić information content (AvgIpc) is 3.50. The molecule has 1 amide bonds. The van der Waals surface area contributed by atoms with Crippen LogP contribution in [0.2, 0.25) is 5.02 Å². The van der Waals surface area contributed by atoms with Gasteiger partial charge in [0, 0.05) is 26.0 Å². The number of hydrogen-bond acceptors (Lipinski definition) is 9. The SMILES string of the molecule is COc1cc(C=NNC(=O)c2[nH]c3c(OC)ccc(Br)c3c2-c2ccccc2Cl)ccc1OC(=O)c1cc(OC)c(OC)c(OC)c1. The quantitative estimate of drug-likeness (QED) is 0.0630. The van der Waals surface area contributed by atoms with Crippen LogP contribution in [0.5, 0.6) is 34.5 Å². The Morgan fingerprint density at radius 3 is 2.11 bits per heavy atom. The van der Waals surface area contributed by atoms with E-state index in [0.717, 1.165) is 9.86 Å². The van der Waals surface area contributed by atoms with Crippen molar-refractivity contribution in [1.29, 1.82) is 0 Å². The summed E-state index contributed by atoms with van der Waals surface area (Å²) in [6.07, 6.45) is 1.43. The molecule has 0 aliphatic carbocycles. The van der Waals surface area contributed by atoms with Gasteiger partial charge in [-0.2, -0.15) is 5.10 Å². The van der Waals surface area contributed by atoms with Gasteiger partial charge in [0.1, 0.15) is 11.4 Å². The molecule has 47 heavy (non-hydrogen) atoms. The minimum Gasteiger partial charge on any atom is -0.495 e. The Morgan fingerprint density at radius 2 is 1.47 bits per heavy atom. The molecule has 0 unspecified atom stereocenters. The summed E-state index contributed by atoms with van der Waals surface area (Å²) in [4.78, 5) is 29.7. The van der Waals surface area contributed by atoms with Crippen molar-refractivity contribution in [1.82, 2.24) is 10.4 Å². The lowest BCUT2D eigenvalue weighted by atomic mass is 10.0. The van der Waals surface area contributed by atoms with Gasteiger partial charge < -0.3 is 33.4 Å². The molecule has 0 aliphatic rings. The molecule has 0 spiro atoms. The van der Waals surface area contributed by atoms with Gasteiger partial charge in [-0.15, -0.1) is 0 Å². The maximum absolute atomic E-state index is 13.5. The van der Waals surface area contributed by atoms with E-state index in [-0.39, 0.29) is 22.8 Å². The second-order valence-electron chi connectivity index (χ2n) is 9.77. The van der Waals surface area contributed by atoms with Gasteiger partial charge in [0.05, 0.1) is 52.8 Å². The van der Waals surface area contributed by atoms with Crippen LogP contribution in [0.4, 0.5) is 0 Å². The molecule has 5 rings (SSSR count). The van der Waals surface area contributed by atoms with Crippen LogP contribution < -0.4 is 33.8 Å². The van der Waals surface area contributed by atoms with E-state index in [9.17, 15) is 9.59 Å². The van der Waals surface area contributed by atoms with Crippen molar-refractivity contribution in [3.05, 3.63) is 93.0 Å². The van der Waals surface area contributed by atoms with Crippen molar-refractivity contribution >= 4 is 56.5 Å². The van der Waals surface area contributed by atoms with Crippen LogP contribution in [0.3, 0.4) is 0 Å². The lowest BCUT2D eigenvalue weighted by molar-refractivity contribution is 0.0728. The summed E-state index contributed by atoms with van der Waals surface area (Å²) in [6.45, 7) is 0. The Morgan fingerprint density at radius 1 is 0.809 bits per heavy atom. The third-order valence-electron chi connectivity index (χ3n) is 7.13. The van der Waals surface area contributed by atoms with Crippen molar-refractivity contribution in [3.8, 4) is 45.6 Å². The molecule has 5 aromatic rings. The normalized spacial score (nSPS) is 11.0. The summed E-state index contributed by atoms with van der Waals surface area (Å²) >= 11 is 10.2. The number of halogens is 2. The van der Waals surface area contributed by atoms with E-state index in [0.29, 0.717) is 50.2 Å². The lowest BCUT2D eigenvalue weighted by Gasteiger charge is -2.14. The first-order chi connectivity index (χ1) is 22.7. The summed E-state index contributed by atoms with van der Waals surface area (Å²) < 4.78 is 33.3. The highest BCUT2D eigenvalue weighted by atomic mass is 79.9. The third-order valence-corrected chi connectivity index (χ3v) is 8.12. The second-order valence-corrected chi connectivity index (χ2v) is 11.0. The molecule has 4 aromatic carbocycles. The first kappa shape index (κ1) is 33.2. The van der Waals surface area contributed by atoms with Crippen LogP contribution in [0.25, 0.3) is 22.0 Å². The average molecular weight is 723 g/mol. The number of nitrogens with one attached hydrogen (secondary N) is 2. The first-order valence-corrected chi connectivity index (χ1v) is 15.1. The highest BCUT2D eigenvalue weighted by Gasteiger charge is 2.24. The van der Waals surface area contributed by atoms with Crippen LogP contribution in [0.1, 0.15) is 26.4 Å². The molecular weight excluding hydrogens is 694 g/mol. The van der Waals surface area contributed by atoms with Gasteiger partial charge in [-0.1, -0.05) is 45.7 Å². The zero-order valence-corrected chi connectivity index (χ0v) is 28.2. The zero-order valence-electron chi connectivity index (χ0n) is 25.9. The standard InChI is InChI=1S/C34H29BrClN3O8/c1-42-24-13-11-21(35)29-28(20-8-6-7-9-22(20)36)31(38-30(24)29)33(40)39-37-17-18-10-12-23(25(14-18)43-2)47-34(41)19-15-26(44-3)32(46-5)27(16-19)45-4/h6-17,38H,1-5H3,(H,39,40). The molecule has 13 heteroatoms. The van der Waals surface area contributed by atoms with Crippen molar-refractivity contribution < 1.29 is 38.0 Å². The number of hydrazone groups is 1. The number of rotatable bonds is 11. The monoisotopic (exact) mass is 721 g/mol. The summed E-state index contributed by atoms with van der Waals surface area (Å²) in [5, 5.41) is 5.36. The number of methoxy groups -OCH3 is 5. The summed E-state index contributed by atoms with van der Waals surface area (Å²) in [6, 6.07) is 18.6. The minimum atomic E-state index is -0.674. The molecule has 0 fully saturated rings. The molecule has 0 radical (unpaired) electrons. The van der Waals surface area contributed by atoms with E-state index < -0.39 is 11.9 Å². The Bertz CT molecular complexity index is 1980. The third kappa shape index (κ3) is 6.69. The van der Waals surface area contributed by atoms with Gasteiger partial charge in [0.2, 0.25) is 5.75 Å². The van der Waals surface area contributed by atoms with E-state index in [1.165, 1.54) is 46.8 Å². The number of hydrogen-bond donors (Lipinski definition) is 2. The number of aromatic amines is 1. The second kappa shape index (κ2) is 14.5. The Kier molecular flexibility index (Phi) is 10.2. The number of carbonyl (C=O) groups is 2. The molecule has 2 N–H and O–H groups in total. The summed E-state index contributed by atoms with van der Waals surface area (Å²) in [5.74, 6) is 0.741. The topological polar surface area (TPSA) is 130 Å². The maximum atomic E-state index is 13.5. The van der Waals surface area contributed by atoms with Gasteiger partial charge in [-0.25, -0.2) is 10.2 Å². The van der Waals surface area contributed by atoms with Gasteiger partial charge in [0.15, 0.2) is 23.0 Å². The smallest absolute Gasteiger partial charge is 0.343 e. The number of H-pyrrole nitrogens is 1. The fourth-order valence-corrected chi connectivity index (χ4v) is 5.70. The van der Waals surface area contributed by atoms with Crippen molar-refractivity contribution in [3.63, 3.8) is 0 Å². The maximum Gasteiger partial charge on any atom is 0.343 e. The molecule has 0 atom stereocenters. The molecule has 0 aliphatic heterocycles. The Balaban J connectivity index is 1.39. The zero-order chi connectivity index (χ0) is 33.7. The number of ether oxygens (including phenoxy) is 6. The van der Waals surface area contributed by atoms with Crippen molar-refractivity contribution in [2.75, 3.05) is 35.5 Å². The van der Waals surface area contributed by atoms with Crippen LogP contribution in [0.15, 0.2) is 76.3 Å². The molecule has 0 saturated heterocycles. The number of aromatic nitrogens is 1. The van der Waals surface area contributed by atoms with Crippen LogP contribution in [0, 0.1) is 0 Å². The summed E-state index contributed by atoms with van der Waals surface area (Å²) in [5.41, 5.74) is 5.40. The van der Waals surface area contributed by atoms with E-state index in [1.54, 1.807) is 37.4 Å². The van der Waals surface area contributed by atoms with Gasteiger partial charge >= 0.3 is 5.97 Å². The first-order valence-electron chi connectivity index (χ1n) is 13.9. The van der Waals surface area contributed by atoms with Gasteiger partial charge in [-0.3, -0.25) is 4.79 Å². The molecule has 242 valence electrons. The van der Waals surface area contributed by atoms with Gasteiger partial charge in [0.25, 0.3) is 5.91 Å². The van der Waals surface area contributed by atoms with Crippen LogP contribution in [-0.2, 0) is 0 Å². The predicted molar refractivity (Wildman–Crippen MR) is 182 cm³/mol. The number of amides is 1. The van der Waals surface area contributed by atoms with E-state index in [4.69, 9.17) is 40.0 Å².